The number of aromatic nitrogens is 1. The second kappa shape index (κ2) is 6.70. The Bertz CT molecular complexity index is 669. The lowest BCUT2D eigenvalue weighted by atomic mass is 10.2. The van der Waals surface area contributed by atoms with Crippen molar-refractivity contribution in [2.45, 2.75) is 6.92 Å². The van der Waals surface area contributed by atoms with Crippen LogP contribution >= 0.6 is 22.6 Å². The van der Waals surface area contributed by atoms with Crippen molar-refractivity contribution >= 4 is 40.2 Å². The first-order valence-corrected chi connectivity index (χ1v) is 7.28. The van der Waals surface area contributed by atoms with Gasteiger partial charge in [-0.25, -0.2) is 0 Å². The third kappa shape index (κ3) is 4.28. The van der Waals surface area contributed by atoms with Crippen LogP contribution in [0.15, 0.2) is 34.9 Å². The summed E-state index contributed by atoms with van der Waals surface area (Å²) in [6.45, 7) is 1.67. The van der Waals surface area contributed by atoms with Crippen molar-refractivity contribution < 1.29 is 14.1 Å². The number of carbonyl (C=O) groups excluding carboxylic acids is 2. The van der Waals surface area contributed by atoms with Gasteiger partial charge in [0.05, 0.1) is 6.54 Å². The molecule has 2 amide bonds. The predicted octanol–water partition coefficient (Wildman–Crippen LogP) is 2.30. The molecule has 0 spiro atoms. The summed E-state index contributed by atoms with van der Waals surface area (Å²) in [6, 6.07) is 8.81. The molecule has 0 atom stereocenters. The smallest absolute Gasteiger partial charge is 0.254 e. The molecule has 21 heavy (non-hydrogen) atoms. The van der Waals surface area contributed by atoms with Crippen LogP contribution in [0.1, 0.15) is 16.1 Å². The molecule has 0 saturated carbocycles. The van der Waals surface area contributed by atoms with Crippen molar-refractivity contribution in [1.82, 2.24) is 10.1 Å². The molecule has 1 heterocycles. The van der Waals surface area contributed by atoms with Crippen LogP contribution in [-0.2, 0) is 4.79 Å². The van der Waals surface area contributed by atoms with E-state index in [0.717, 1.165) is 3.57 Å². The Morgan fingerprint density at radius 1 is 1.38 bits per heavy atom. The van der Waals surface area contributed by atoms with Crippen molar-refractivity contribution in [3.05, 3.63) is 45.2 Å². The van der Waals surface area contributed by atoms with Gasteiger partial charge in [0.25, 0.3) is 5.91 Å². The van der Waals surface area contributed by atoms with E-state index in [1.165, 1.54) is 4.90 Å². The fourth-order valence-corrected chi connectivity index (χ4v) is 2.28. The molecule has 1 aromatic heterocycles. The van der Waals surface area contributed by atoms with E-state index < -0.39 is 0 Å². The van der Waals surface area contributed by atoms with Gasteiger partial charge in [-0.05, 0) is 47.7 Å². The van der Waals surface area contributed by atoms with E-state index in [9.17, 15) is 9.59 Å². The zero-order valence-corrected chi connectivity index (χ0v) is 13.7. The zero-order valence-electron chi connectivity index (χ0n) is 11.6. The Morgan fingerprint density at radius 2 is 2.14 bits per heavy atom. The lowest BCUT2D eigenvalue weighted by Gasteiger charge is -2.16. The maximum atomic E-state index is 12.2. The molecule has 110 valence electrons. The van der Waals surface area contributed by atoms with Crippen molar-refractivity contribution in [3.63, 3.8) is 0 Å². The third-order valence-electron chi connectivity index (χ3n) is 2.69. The summed E-state index contributed by atoms with van der Waals surface area (Å²) in [7, 11) is 1.58. The van der Waals surface area contributed by atoms with Crippen LogP contribution in [0.5, 0.6) is 0 Å². The van der Waals surface area contributed by atoms with E-state index >= 15 is 0 Å². The minimum Gasteiger partial charge on any atom is -0.360 e. The van der Waals surface area contributed by atoms with Crippen LogP contribution in [0.25, 0.3) is 0 Å². The molecule has 2 aromatic rings. The maximum Gasteiger partial charge on any atom is 0.254 e. The summed E-state index contributed by atoms with van der Waals surface area (Å²) < 4.78 is 5.82. The second-order valence-electron chi connectivity index (χ2n) is 4.54. The molecular formula is C14H14IN3O3. The number of benzene rings is 1. The molecule has 7 heteroatoms. The number of hydrogen-bond donors (Lipinski definition) is 1. The summed E-state index contributed by atoms with van der Waals surface area (Å²) in [5.41, 5.74) is 0.550. The molecule has 1 N–H and O–H groups in total. The van der Waals surface area contributed by atoms with Crippen LogP contribution in [0, 0.1) is 10.5 Å². The molecule has 0 aliphatic carbocycles. The lowest BCUT2D eigenvalue weighted by Crippen LogP contribution is -2.35. The summed E-state index contributed by atoms with van der Waals surface area (Å²) in [4.78, 5) is 25.4. The highest BCUT2D eigenvalue weighted by atomic mass is 127. The lowest BCUT2D eigenvalue weighted by molar-refractivity contribution is -0.116. The van der Waals surface area contributed by atoms with Gasteiger partial charge in [-0.3, -0.25) is 9.59 Å². The van der Waals surface area contributed by atoms with Gasteiger partial charge in [-0.2, -0.15) is 0 Å². The number of anilines is 1. The second-order valence-corrected chi connectivity index (χ2v) is 5.79. The number of nitrogens with zero attached hydrogens (tertiary/aromatic N) is 2. The van der Waals surface area contributed by atoms with Gasteiger partial charge in [0.2, 0.25) is 5.91 Å². The molecule has 0 radical (unpaired) electrons. The SMILES string of the molecule is Cc1cc(NC(=O)CN(C)C(=O)c2cccc(I)c2)no1. The summed E-state index contributed by atoms with van der Waals surface area (Å²) in [5, 5.41) is 6.24. The largest absolute Gasteiger partial charge is 0.360 e. The van der Waals surface area contributed by atoms with E-state index in [-0.39, 0.29) is 18.4 Å². The highest BCUT2D eigenvalue weighted by Gasteiger charge is 2.16. The van der Waals surface area contributed by atoms with Gasteiger partial charge in [0.1, 0.15) is 5.76 Å². The first kappa shape index (κ1) is 15.5. The summed E-state index contributed by atoms with van der Waals surface area (Å²) >= 11 is 2.14. The highest BCUT2D eigenvalue weighted by molar-refractivity contribution is 14.1. The number of rotatable bonds is 4. The van der Waals surface area contributed by atoms with E-state index in [4.69, 9.17) is 4.52 Å². The van der Waals surface area contributed by atoms with Gasteiger partial charge < -0.3 is 14.7 Å². The molecule has 0 aliphatic heterocycles. The first-order valence-electron chi connectivity index (χ1n) is 6.20. The monoisotopic (exact) mass is 399 g/mol. The van der Waals surface area contributed by atoms with Gasteiger partial charge in [-0.1, -0.05) is 11.2 Å². The minimum atomic E-state index is -0.329. The number of amides is 2. The Hall–Kier alpha value is -1.90. The maximum absolute atomic E-state index is 12.2. The molecular weight excluding hydrogens is 385 g/mol. The van der Waals surface area contributed by atoms with Gasteiger partial charge in [-0.15, -0.1) is 0 Å². The van der Waals surface area contributed by atoms with E-state index in [0.29, 0.717) is 17.1 Å². The normalized spacial score (nSPS) is 10.2. The Balaban J connectivity index is 1.95. The van der Waals surface area contributed by atoms with E-state index in [1.807, 2.05) is 6.07 Å². The van der Waals surface area contributed by atoms with Gasteiger partial charge in [0.15, 0.2) is 5.82 Å². The predicted molar refractivity (Wildman–Crippen MR) is 86.0 cm³/mol. The van der Waals surface area contributed by atoms with Crippen LogP contribution < -0.4 is 5.32 Å². The molecule has 0 saturated heterocycles. The molecule has 0 bridgehead atoms. The van der Waals surface area contributed by atoms with Crippen molar-refractivity contribution in [1.29, 1.82) is 0 Å². The van der Waals surface area contributed by atoms with Crippen LogP contribution in [0.3, 0.4) is 0 Å². The highest BCUT2D eigenvalue weighted by Crippen LogP contribution is 2.10. The number of halogens is 1. The molecule has 0 unspecified atom stereocenters. The molecule has 6 nitrogen and oxygen atoms in total. The van der Waals surface area contributed by atoms with Crippen LogP contribution in [-0.4, -0.2) is 35.5 Å². The Kier molecular flexibility index (Phi) is 4.94. The fraction of sp³-hybridized carbons (Fsp3) is 0.214. The average molecular weight is 399 g/mol. The average Bonchev–Trinajstić information content (AvgIpc) is 2.82. The van der Waals surface area contributed by atoms with Gasteiger partial charge in [0, 0.05) is 22.2 Å². The minimum absolute atomic E-state index is 0.0593. The molecule has 0 aliphatic rings. The quantitative estimate of drug-likeness (QED) is 0.801. The molecule has 1 aromatic carbocycles. The van der Waals surface area contributed by atoms with Gasteiger partial charge >= 0.3 is 0 Å². The first-order chi connectivity index (χ1) is 9.95. The van der Waals surface area contributed by atoms with E-state index in [1.54, 1.807) is 38.2 Å². The Labute approximate surface area is 135 Å². The van der Waals surface area contributed by atoms with Crippen molar-refractivity contribution in [3.8, 4) is 0 Å². The molecule has 0 fully saturated rings. The third-order valence-corrected chi connectivity index (χ3v) is 3.37. The van der Waals surface area contributed by atoms with Crippen molar-refractivity contribution in [2.75, 3.05) is 18.9 Å². The van der Waals surface area contributed by atoms with Crippen LogP contribution in [0.4, 0.5) is 5.82 Å². The number of aryl methyl sites for hydroxylation is 1. The fourth-order valence-electron chi connectivity index (χ4n) is 1.74. The summed E-state index contributed by atoms with van der Waals surface area (Å²) in [6.07, 6.45) is 0. The standard InChI is InChI=1S/C14H14IN3O3/c1-9-6-12(17-21-9)16-13(19)8-18(2)14(20)10-4-3-5-11(15)7-10/h3-7H,8H2,1-2H3,(H,16,17,19). The topological polar surface area (TPSA) is 75.4 Å². The summed E-state index contributed by atoms with van der Waals surface area (Å²) in [5.74, 6) is 0.408. The number of hydrogen-bond acceptors (Lipinski definition) is 4. The number of likely N-dealkylation sites (N-methyl/N-ethyl adjacent to an activating group) is 1. The zero-order chi connectivity index (χ0) is 15.4. The van der Waals surface area contributed by atoms with E-state index in [2.05, 4.69) is 33.1 Å². The van der Waals surface area contributed by atoms with Crippen LogP contribution in [0.2, 0.25) is 0 Å². The van der Waals surface area contributed by atoms with Crippen molar-refractivity contribution in [2.24, 2.45) is 0 Å². The molecule has 2 rings (SSSR count). The number of carbonyl (C=O) groups is 2. The number of nitrogens with one attached hydrogen (secondary N) is 1. The Morgan fingerprint density at radius 3 is 2.76 bits per heavy atom.